The third-order valence-corrected chi connectivity index (χ3v) is 2.74. The average molecular weight is 282 g/mol. The van der Waals surface area contributed by atoms with E-state index < -0.39 is 0 Å². The van der Waals surface area contributed by atoms with Gasteiger partial charge in [-0.2, -0.15) is 5.10 Å². The molecule has 1 heterocycles. The summed E-state index contributed by atoms with van der Waals surface area (Å²) >= 11 is 0. The van der Waals surface area contributed by atoms with Gasteiger partial charge in [0.25, 0.3) is 0 Å². The van der Waals surface area contributed by atoms with E-state index in [1.54, 1.807) is 11.0 Å². The van der Waals surface area contributed by atoms with Crippen molar-refractivity contribution in [3.8, 4) is 18.0 Å². The molecule has 6 heteroatoms. The van der Waals surface area contributed by atoms with Crippen LogP contribution in [0.4, 0.5) is 0 Å². The fourth-order valence-electron chi connectivity index (χ4n) is 1.74. The van der Waals surface area contributed by atoms with Crippen molar-refractivity contribution in [2.24, 2.45) is 4.99 Å². The number of guanidine groups is 1. The summed E-state index contributed by atoms with van der Waals surface area (Å²) in [5.41, 5.74) is 2.08. The molecule has 1 aromatic carbocycles. The van der Waals surface area contributed by atoms with Crippen LogP contribution >= 0.6 is 0 Å². The van der Waals surface area contributed by atoms with E-state index in [1.807, 2.05) is 31.2 Å². The van der Waals surface area contributed by atoms with Crippen LogP contribution in [0.1, 0.15) is 12.5 Å². The van der Waals surface area contributed by atoms with Gasteiger partial charge >= 0.3 is 0 Å². The summed E-state index contributed by atoms with van der Waals surface area (Å²) in [6.45, 7) is 3.84. The topological polar surface area (TPSA) is 67.1 Å². The Balaban J connectivity index is 2.00. The molecule has 0 amide bonds. The summed E-state index contributed by atoms with van der Waals surface area (Å²) in [4.78, 5) is 8.40. The van der Waals surface area contributed by atoms with Gasteiger partial charge in [0.1, 0.15) is 12.7 Å². The number of hydrogen-bond acceptors (Lipinski definition) is 3. The smallest absolute Gasteiger partial charge is 0.192 e. The van der Waals surface area contributed by atoms with Crippen molar-refractivity contribution < 1.29 is 0 Å². The third-order valence-electron chi connectivity index (χ3n) is 2.74. The molecule has 0 atom stereocenters. The van der Waals surface area contributed by atoms with E-state index in [0.29, 0.717) is 13.1 Å². The van der Waals surface area contributed by atoms with Crippen LogP contribution in [0.5, 0.6) is 0 Å². The van der Waals surface area contributed by atoms with Crippen molar-refractivity contribution in [2.75, 3.05) is 13.1 Å². The van der Waals surface area contributed by atoms with Gasteiger partial charge in [-0.05, 0) is 24.6 Å². The maximum Gasteiger partial charge on any atom is 0.192 e. The Bertz CT molecular complexity index is 607. The lowest BCUT2D eigenvalue weighted by molar-refractivity contribution is 0.862. The highest BCUT2D eigenvalue weighted by Gasteiger charge is 1.99. The molecule has 0 saturated heterocycles. The first kappa shape index (κ1) is 14.6. The van der Waals surface area contributed by atoms with Crippen molar-refractivity contribution in [3.05, 3.63) is 42.5 Å². The Morgan fingerprint density at radius 1 is 1.33 bits per heavy atom. The molecular weight excluding hydrogens is 264 g/mol. The first-order valence-electron chi connectivity index (χ1n) is 6.73. The second-order valence-corrected chi connectivity index (χ2v) is 4.26. The predicted molar refractivity (Wildman–Crippen MR) is 83.0 cm³/mol. The first-order valence-corrected chi connectivity index (χ1v) is 6.73. The van der Waals surface area contributed by atoms with Crippen molar-refractivity contribution in [2.45, 2.75) is 13.5 Å². The summed E-state index contributed by atoms with van der Waals surface area (Å²) in [6.07, 6.45) is 8.41. The van der Waals surface area contributed by atoms with Crippen LogP contribution in [0.3, 0.4) is 0 Å². The molecule has 0 aliphatic heterocycles. The lowest BCUT2D eigenvalue weighted by Gasteiger charge is -2.09. The fourth-order valence-corrected chi connectivity index (χ4v) is 1.74. The van der Waals surface area contributed by atoms with Gasteiger partial charge in [0.2, 0.25) is 0 Å². The highest BCUT2D eigenvalue weighted by molar-refractivity contribution is 5.79. The van der Waals surface area contributed by atoms with Crippen LogP contribution in [-0.2, 0) is 6.54 Å². The maximum absolute atomic E-state index is 5.23. The molecule has 0 aliphatic rings. The molecule has 0 fully saturated rings. The fraction of sp³-hybridized carbons (Fsp3) is 0.267. The lowest BCUT2D eigenvalue weighted by Crippen LogP contribution is -2.37. The average Bonchev–Trinajstić information content (AvgIpc) is 3.05. The Morgan fingerprint density at radius 3 is 2.76 bits per heavy atom. The van der Waals surface area contributed by atoms with Crippen LogP contribution in [0, 0.1) is 12.3 Å². The standard InChI is InChI=1S/C15H18N6/c1-3-9-18-15(17-4-2)19-10-13-5-7-14(8-6-13)21-12-16-11-20-21/h1,5-8,11-12H,4,9-10H2,2H3,(H2,17,18,19). The minimum absolute atomic E-state index is 0.455. The van der Waals surface area contributed by atoms with E-state index in [1.165, 1.54) is 6.33 Å². The SMILES string of the molecule is C#CCNC(=NCc1ccc(-n2cncn2)cc1)NCC. The number of aliphatic imine (C=N–C) groups is 1. The largest absolute Gasteiger partial charge is 0.357 e. The van der Waals surface area contributed by atoms with Crippen LogP contribution in [0.2, 0.25) is 0 Å². The number of rotatable bonds is 5. The molecule has 2 aromatic rings. The Kier molecular flexibility index (Phi) is 5.35. The quantitative estimate of drug-likeness (QED) is 0.487. The summed E-state index contributed by atoms with van der Waals surface area (Å²) in [5, 5.41) is 10.3. The summed E-state index contributed by atoms with van der Waals surface area (Å²) in [7, 11) is 0. The van der Waals surface area contributed by atoms with Gasteiger partial charge in [-0.1, -0.05) is 18.1 Å². The molecule has 0 unspecified atom stereocenters. The van der Waals surface area contributed by atoms with E-state index in [0.717, 1.165) is 23.8 Å². The molecular formula is C15H18N6. The molecule has 6 nitrogen and oxygen atoms in total. The van der Waals surface area contributed by atoms with Crippen LogP contribution < -0.4 is 10.6 Å². The molecule has 0 bridgehead atoms. The Labute approximate surface area is 124 Å². The maximum atomic E-state index is 5.23. The number of hydrogen-bond donors (Lipinski definition) is 2. The van der Waals surface area contributed by atoms with E-state index in [9.17, 15) is 0 Å². The highest BCUT2D eigenvalue weighted by atomic mass is 15.3. The Hall–Kier alpha value is -2.81. The van der Waals surface area contributed by atoms with Gasteiger partial charge in [0.05, 0.1) is 18.8 Å². The molecule has 2 rings (SSSR count). The zero-order valence-corrected chi connectivity index (χ0v) is 12.0. The Morgan fingerprint density at radius 2 is 2.14 bits per heavy atom. The summed E-state index contributed by atoms with van der Waals surface area (Å²) < 4.78 is 1.71. The molecule has 0 aliphatic carbocycles. The number of nitrogens with one attached hydrogen (secondary N) is 2. The van der Waals surface area contributed by atoms with Crippen LogP contribution in [-0.4, -0.2) is 33.8 Å². The van der Waals surface area contributed by atoms with Crippen molar-refractivity contribution in [1.82, 2.24) is 25.4 Å². The monoisotopic (exact) mass is 282 g/mol. The van der Waals surface area contributed by atoms with Gasteiger partial charge in [0, 0.05) is 6.54 Å². The van der Waals surface area contributed by atoms with Gasteiger partial charge in [0.15, 0.2) is 5.96 Å². The molecule has 0 saturated carbocycles. The minimum atomic E-state index is 0.455. The number of terminal acetylenes is 1. The first-order chi connectivity index (χ1) is 10.3. The zero-order chi connectivity index (χ0) is 14.9. The van der Waals surface area contributed by atoms with Crippen molar-refractivity contribution in [3.63, 3.8) is 0 Å². The molecule has 21 heavy (non-hydrogen) atoms. The van der Waals surface area contributed by atoms with Gasteiger partial charge in [-0.15, -0.1) is 6.42 Å². The molecule has 0 radical (unpaired) electrons. The lowest BCUT2D eigenvalue weighted by atomic mass is 10.2. The summed E-state index contributed by atoms with van der Waals surface area (Å²) in [6, 6.07) is 8.01. The predicted octanol–water partition coefficient (Wildman–Crippen LogP) is 0.956. The number of benzene rings is 1. The van der Waals surface area contributed by atoms with E-state index in [4.69, 9.17) is 6.42 Å². The molecule has 0 spiro atoms. The second kappa shape index (κ2) is 7.70. The van der Waals surface area contributed by atoms with Crippen molar-refractivity contribution >= 4 is 5.96 Å². The summed E-state index contributed by atoms with van der Waals surface area (Å²) in [5.74, 6) is 3.25. The normalized spacial score (nSPS) is 11.0. The minimum Gasteiger partial charge on any atom is -0.357 e. The molecule has 2 N–H and O–H groups in total. The number of nitrogens with zero attached hydrogens (tertiary/aromatic N) is 4. The van der Waals surface area contributed by atoms with Gasteiger partial charge in [-0.3, -0.25) is 0 Å². The highest BCUT2D eigenvalue weighted by Crippen LogP contribution is 2.08. The second-order valence-electron chi connectivity index (χ2n) is 4.26. The van der Waals surface area contributed by atoms with Gasteiger partial charge < -0.3 is 10.6 Å². The van der Waals surface area contributed by atoms with Crippen LogP contribution in [0.15, 0.2) is 41.9 Å². The van der Waals surface area contributed by atoms with E-state index >= 15 is 0 Å². The van der Waals surface area contributed by atoms with Crippen molar-refractivity contribution in [1.29, 1.82) is 0 Å². The van der Waals surface area contributed by atoms with E-state index in [-0.39, 0.29) is 0 Å². The molecule has 1 aromatic heterocycles. The number of aromatic nitrogens is 3. The zero-order valence-electron chi connectivity index (χ0n) is 12.0. The van der Waals surface area contributed by atoms with E-state index in [2.05, 4.69) is 31.6 Å². The van der Waals surface area contributed by atoms with Crippen LogP contribution in [0.25, 0.3) is 5.69 Å². The third kappa shape index (κ3) is 4.35. The van der Waals surface area contributed by atoms with Gasteiger partial charge in [-0.25, -0.2) is 14.7 Å². The molecule has 108 valence electrons.